The molecule has 124 valence electrons. The zero-order chi connectivity index (χ0) is 17.1. The third kappa shape index (κ3) is 4.56. The topological polar surface area (TPSA) is 61.4 Å². The molecule has 0 radical (unpaired) electrons. The number of nitrogens with one attached hydrogen (secondary N) is 2. The van der Waals surface area contributed by atoms with Crippen molar-refractivity contribution in [3.63, 3.8) is 0 Å². The van der Waals surface area contributed by atoms with Gasteiger partial charge < -0.3 is 15.7 Å². The van der Waals surface area contributed by atoms with Crippen LogP contribution in [-0.4, -0.2) is 17.7 Å². The van der Waals surface area contributed by atoms with Crippen molar-refractivity contribution in [2.75, 3.05) is 11.9 Å². The van der Waals surface area contributed by atoms with Gasteiger partial charge in [-0.2, -0.15) is 11.3 Å². The van der Waals surface area contributed by atoms with Gasteiger partial charge >= 0.3 is 6.03 Å². The van der Waals surface area contributed by atoms with Crippen LogP contribution in [0.15, 0.2) is 41.1 Å². The summed E-state index contributed by atoms with van der Waals surface area (Å²) in [5.74, 6) is 0. The van der Waals surface area contributed by atoms with Crippen molar-refractivity contribution in [1.82, 2.24) is 5.32 Å². The van der Waals surface area contributed by atoms with Gasteiger partial charge in [-0.05, 0) is 46.4 Å². The van der Waals surface area contributed by atoms with E-state index in [0.29, 0.717) is 0 Å². The number of hydrogen-bond acceptors (Lipinski definition) is 3. The molecule has 1 atom stereocenters. The summed E-state index contributed by atoms with van der Waals surface area (Å²) < 4.78 is 0. The van der Waals surface area contributed by atoms with E-state index in [4.69, 9.17) is 0 Å². The first kappa shape index (κ1) is 17.5. The molecule has 2 aromatic rings. The first-order valence-corrected chi connectivity index (χ1v) is 8.54. The molecule has 2 amide bonds. The Morgan fingerprint density at radius 1 is 1.17 bits per heavy atom. The summed E-state index contributed by atoms with van der Waals surface area (Å²) in [6, 6.07) is 9.29. The second-order valence-electron chi connectivity index (χ2n) is 6.89. The molecule has 0 aliphatic carbocycles. The number of rotatable bonds is 4. The Balaban J connectivity index is 2.01. The third-order valence-electron chi connectivity index (χ3n) is 3.72. The second-order valence-corrected chi connectivity index (χ2v) is 7.67. The molecule has 0 aliphatic rings. The fourth-order valence-corrected chi connectivity index (χ4v) is 3.12. The number of aliphatic hydroxyl groups is 1. The van der Waals surface area contributed by atoms with E-state index >= 15 is 0 Å². The lowest BCUT2D eigenvalue weighted by Crippen LogP contribution is -2.40. The molecule has 0 saturated carbocycles. The van der Waals surface area contributed by atoms with E-state index in [-0.39, 0.29) is 18.0 Å². The van der Waals surface area contributed by atoms with Crippen molar-refractivity contribution in [3.05, 3.63) is 52.2 Å². The number of para-hydroxylation sites is 1. The van der Waals surface area contributed by atoms with Crippen LogP contribution >= 0.6 is 11.3 Å². The first-order valence-electron chi connectivity index (χ1n) is 7.59. The zero-order valence-electron chi connectivity index (χ0n) is 14.0. The van der Waals surface area contributed by atoms with Gasteiger partial charge in [0.1, 0.15) is 5.60 Å². The molecule has 3 N–H and O–H groups in total. The highest BCUT2D eigenvalue weighted by Crippen LogP contribution is 2.29. The predicted octanol–water partition coefficient (Wildman–Crippen LogP) is 4.07. The highest BCUT2D eigenvalue weighted by molar-refractivity contribution is 7.08. The Morgan fingerprint density at radius 3 is 2.48 bits per heavy atom. The summed E-state index contributed by atoms with van der Waals surface area (Å²) in [5, 5.41) is 19.8. The van der Waals surface area contributed by atoms with Gasteiger partial charge in [0.05, 0.1) is 6.54 Å². The zero-order valence-corrected chi connectivity index (χ0v) is 14.8. The molecule has 0 aliphatic heterocycles. The minimum atomic E-state index is -1.08. The van der Waals surface area contributed by atoms with Crippen molar-refractivity contribution >= 4 is 23.1 Å². The monoisotopic (exact) mass is 332 g/mol. The molecule has 1 aromatic carbocycles. The maximum absolute atomic E-state index is 12.2. The van der Waals surface area contributed by atoms with Crippen LogP contribution in [0.1, 0.15) is 38.8 Å². The highest BCUT2D eigenvalue weighted by Gasteiger charge is 2.24. The quantitative estimate of drug-likeness (QED) is 0.790. The molecule has 2 rings (SSSR count). The molecular weight excluding hydrogens is 308 g/mol. The molecule has 0 fully saturated rings. The third-order valence-corrected chi connectivity index (χ3v) is 4.40. The lowest BCUT2D eigenvalue weighted by Gasteiger charge is -2.25. The SMILES string of the molecule is CC(C)(C)c1ccccc1NC(=O)NCC(C)(O)c1ccsc1. The number of thiophene rings is 1. The van der Waals surface area contributed by atoms with Crippen LogP contribution in [0.4, 0.5) is 10.5 Å². The largest absolute Gasteiger partial charge is 0.384 e. The predicted molar refractivity (Wildman–Crippen MR) is 96.1 cm³/mol. The Kier molecular flexibility index (Phi) is 5.12. The highest BCUT2D eigenvalue weighted by atomic mass is 32.1. The summed E-state index contributed by atoms with van der Waals surface area (Å²) in [7, 11) is 0. The Bertz CT molecular complexity index is 658. The van der Waals surface area contributed by atoms with Crippen LogP contribution < -0.4 is 10.6 Å². The van der Waals surface area contributed by atoms with Crippen LogP contribution in [-0.2, 0) is 11.0 Å². The number of hydrogen-bond donors (Lipinski definition) is 3. The van der Waals surface area contributed by atoms with Crippen molar-refractivity contribution in [1.29, 1.82) is 0 Å². The van der Waals surface area contributed by atoms with Crippen LogP contribution in [0.25, 0.3) is 0 Å². The summed E-state index contributed by atoms with van der Waals surface area (Å²) >= 11 is 1.52. The maximum Gasteiger partial charge on any atom is 0.319 e. The molecule has 1 heterocycles. The molecule has 5 heteroatoms. The maximum atomic E-state index is 12.2. The van der Waals surface area contributed by atoms with E-state index in [1.807, 2.05) is 41.1 Å². The fraction of sp³-hybridized carbons (Fsp3) is 0.389. The van der Waals surface area contributed by atoms with Crippen molar-refractivity contribution in [3.8, 4) is 0 Å². The number of benzene rings is 1. The average Bonchev–Trinajstić information content (AvgIpc) is 3.00. The lowest BCUT2D eigenvalue weighted by atomic mass is 9.86. The second kappa shape index (κ2) is 6.72. The van der Waals surface area contributed by atoms with Gasteiger partial charge in [0.25, 0.3) is 0 Å². The van der Waals surface area contributed by atoms with Gasteiger partial charge in [-0.3, -0.25) is 0 Å². The van der Waals surface area contributed by atoms with Gasteiger partial charge in [-0.15, -0.1) is 0 Å². The van der Waals surface area contributed by atoms with Gasteiger partial charge in [0.2, 0.25) is 0 Å². The number of amides is 2. The number of carbonyl (C=O) groups excluding carboxylic acids is 1. The smallest absolute Gasteiger partial charge is 0.319 e. The van der Waals surface area contributed by atoms with Crippen LogP contribution in [0, 0.1) is 0 Å². The minimum Gasteiger partial charge on any atom is -0.384 e. The van der Waals surface area contributed by atoms with Gasteiger partial charge in [-0.1, -0.05) is 39.0 Å². The lowest BCUT2D eigenvalue weighted by molar-refractivity contribution is 0.0604. The standard InChI is InChI=1S/C18H24N2O2S/c1-17(2,3)14-7-5-6-8-15(14)20-16(21)19-12-18(4,22)13-9-10-23-11-13/h5-11,22H,12H2,1-4H3,(H2,19,20,21). The van der Waals surface area contributed by atoms with Crippen molar-refractivity contribution < 1.29 is 9.90 Å². The van der Waals surface area contributed by atoms with Gasteiger partial charge in [0, 0.05) is 5.69 Å². The molecule has 1 unspecified atom stereocenters. The van der Waals surface area contributed by atoms with E-state index in [9.17, 15) is 9.90 Å². The van der Waals surface area contributed by atoms with Crippen molar-refractivity contribution in [2.45, 2.75) is 38.7 Å². The average molecular weight is 332 g/mol. The normalized spacial score (nSPS) is 14.1. The number of urea groups is 1. The number of carbonyl (C=O) groups is 1. The number of anilines is 1. The minimum absolute atomic E-state index is 0.0634. The van der Waals surface area contributed by atoms with Gasteiger partial charge in [-0.25, -0.2) is 4.79 Å². The van der Waals surface area contributed by atoms with E-state index in [2.05, 4.69) is 31.4 Å². The molecule has 23 heavy (non-hydrogen) atoms. The van der Waals surface area contributed by atoms with Crippen LogP contribution in [0.3, 0.4) is 0 Å². The molecule has 0 spiro atoms. The molecule has 4 nitrogen and oxygen atoms in total. The first-order chi connectivity index (χ1) is 10.7. The van der Waals surface area contributed by atoms with E-state index in [0.717, 1.165) is 16.8 Å². The van der Waals surface area contributed by atoms with E-state index in [1.54, 1.807) is 6.92 Å². The Hall–Kier alpha value is -1.85. The molecule has 0 bridgehead atoms. The summed E-state index contributed by atoms with van der Waals surface area (Å²) in [6.45, 7) is 8.15. The summed E-state index contributed by atoms with van der Waals surface area (Å²) in [6.07, 6.45) is 0. The van der Waals surface area contributed by atoms with Crippen LogP contribution in [0.5, 0.6) is 0 Å². The fourth-order valence-electron chi connectivity index (χ4n) is 2.34. The Morgan fingerprint density at radius 2 is 1.87 bits per heavy atom. The summed E-state index contributed by atoms with van der Waals surface area (Å²) in [4.78, 5) is 12.2. The Labute approximate surface area is 141 Å². The summed E-state index contributed by atoms with van der Waals surface area (Å²) in [5.41, 5.74) is 1.51. The van der Waals surface area contributed by atoms with E-state index < -0.39 is 5.60 Å². The van der Waals surface area contributed by atoms with Gasteiger partial charge in [0.15, 0.2) is 0 Å². The van der Waals surface area contributed by atoms with Crippen LogP contribution in [0.2, 0.25) is 0 Å². The molecular formula is C18H24N2O2S. The molecule has 0 saturated heterocycles. The molecule has 1 aromatic heterocycles. The van der Waals surface area contributed by atoms with Crippen molar-refractivity contribution in [2.24, 2.45) is 0 Å². The van der Waals surface area contributed by atoms with E-state index in [1.165, 1.54) is 11.3 Å².